The van der Waals surface area contributed by atoms with E-state index in [1.54, 1.807) is 36.7 Å². The van der Waals surface area contributed by atoms with Crippen LogP contribution in [0.15, 0.2) is 34.8 Å². The number of aliphatic carboxylic acids is 1. The molecule has 2 aliphatic rings. The van der Waals surface area contributed by atoms with E-state index in [1.807, 2.05) is 0 Å². The van der Waals surface area contributed by atoms with Crippen molar-refractivity contribution in [3.05, 3.63) is 35.4 Å². The SMILES string of the molecule is CC(C)O/N=C(\C(=O)N[C@@H]1C(=O)N2C(C(=O)[O-])=C(C[n+]3cc(N)n4nc(N)ccc43)CS[C@H]12)c1nsc(N)n1. The van der Waals surface area contributed by atoms with E-state index in [4.69, 9.17) is 22.0 Å². The Kier molecular flexibility index (Phi) is 6.73. The van der Waals surface area contributed by atoms with Crippen molar-refractivity contribution < 1.29 is 28.9 Å². The monoisotopic (exact) mass is 573 g/mol. The number of hydrogen-bond acceptors (Lipinski definition) is 14. The van der Waals surface area contributed by atoms with Gasteiger partial charge in [0.05, 0.1) is 11.7 Å². The lowest BCUT2D eigenvalue weighted by Gasteiger charge is -2.50. The van der Waals surface area contributed by atoms with Crippen LogP contribution in [0.2, 0.25) is 0 Å². The van der Waals surface area contributed by atoms with Crippen LogP contribution in [0.5, 0.6) is 0 Å². The predicted molar refractivity (Wildman–Crippen MR) is 138 cm³/mol. The summed E-state index contributed by atoms with van der Waals surface area (Å²) < 4.78 is 7.13. The van der Waals surface area contributed by atoms with Crippen molar-refractivity contribution in [1.82, 2.24) is 29.2 Å². The zero-order valence-corrected chi connectivity index (χ0v) is 22.2. The van der Waals surface area contributed by atoms with Crippen LogP contribution in [0.25, 0.3) is 5.65 Å². The van der Waals surface area contributed by atoms with Crippen LogP contribution in [0.3, 0.4) is 0 Å². The Balaban J connectivity index is 1.38. The van der Waals surface area contributed by atoms with E-state index in [9.17, 15) is 19.5 Å². The molecular formula is C21H23N11O5S2. The Morgan fingerprint density at radius 1 is 1.33 bits per heavy atom. The number of fused-ring (bicyclic) bond motifs is 2. The highest BCUT2D eigenvalue weighted by molar-refractivity contribution is 8.00. The summed E-state index contributed by atoms with van der Waals surface area (Å²) in [6.07, 6.45) is 1.26. The smallest absolute Gasteiger partial charge is 0.309 e. The highest BCUT2D eigenvalue weighted by Crippen LogP contribution is 2.40. The summed E-state index contributed by atoms with van der Waals surface area (Å²) >= 11 is 2.16. The Morgan fingerprint density at radius 3 is 2.77 bits per heavy atom. The number of thioether (sulfide) groups is 1. The van der Waals surface area contributed by atoms with Gasteiger partial charge in [0.2, 0.25) is 11.5 Å². The highest BCUT2D eigenvalue weighted by atomic mass is 32.2. The normalized spacial score (nSPS) is 19.3. The number of carboxylic acids is 1. The van der Waals surface area contributed by atoms with Crippen LogP contribution >= 0.6 is 23.3 Å². The summed E-state index contributed by atoms with van der Waals surface area (Å²) in [7, 11) is 0. The van der Waals surface area contributed by atoms with Gasteiger partial charge < -0.3 is 37.3 Å². The van der Waals surface area contributed by atoms with Gasteiger partial charge in [-0.2, -0.15) is 9.36 Å². The number of nitrogens with two attached hydrogens (primary N) is 3. The van der Waals surface area contributed by atoms with Crippen LogP contribution < -0.4 is 32.2 Å². The molecule has 39 heavy (non-hydrogen) atoms. The Bertz CT molecular complexity index is 1560. The fourth-order valence-corrected chi connectivity index (χ4v) is 5.90. The van der Waals surface area contributed by atoms with Crippen molar-refractivity contribution in [2.75, 3.05) is 23.0 Å². The molecule has 2 atom stereocenters. The maximum absolute atomic E-state index is 13.1. The van der Waals surface area contributed by atoms with Gasteiger partial charge in [-0.15, -0.1) is 11.8 Å². The fourth-order valence-electron chi connectivity index (χ4n) is 4.13. The molecule has 18 heteroatoms. The minimum absolute atomic E-state index is 0.0551. The van der Waals surface area contributed by atoms with Crippen molar-refractivity contribution in [3.63, 3.8) is 0 Å². The molecule has 2 aliphatic heterocycles. The molecule has 0 radical (unpaired) electrons. The summed E-state index contributed by atoms with van der Waals surface area (Å²) in [5.41, 5.74) is 17.9. The van der Waals surface area contributed by atoms with Gasteiger partial charge in [0.25, 0.3) is 17.6 Å². The molecule has 3 aromatic heterocycles. The van der Waals surface area contributed by atoms with Crippen molar-refractivity contribution >= 4 is 69.2 Å². The molecule has 0 aliphatic carbocycles. The van der Waals surface area contributed by atoms with Gasteiger partial charge in [-0.3, -0.25) is 14.5 Å². The molecule has 0 saturated carbocycles. The molecule has 5 rings (SSSR count). The number of hydrogen-bond donors (Lipinski definition) is 4. The highest BCUT2D eigenvalue weighted by Gasteiger charge is 2.53. The summed E-state index contributed by atoms with van der Waals surface area (Å²) in [6, 6.07) is 2.27. The molecule has 0 spiro atoms. The van der Waals surface area contributed by atoms with E-state index in [-0.39, 0.29) is 46.6 Å². The van der Waals surface area contributed by atoms with Crippen molar-refractivity contribution in [3.8, 4) is 0 Å². The van der Waals surface area contributed by atoms with E-state index in [0.29, 0.717) is 17.0 Å². The second-order valence-corrected chi connectivity index (χ2v) is 10.7. The third-order valence-corrected chi connectivity index (χ3v) is 7.66. The van der Waals surface area contributed by atoms with Crippen LogP contribution in [-0.2, 0) is 25.8 Å². The van der Waals surface area contributed by atoms with E-state index in [2.05, 4.69) is 24.9 Å². The summed E-state index contributed by atoms with van der Waals surface area (Å²) in [5.74, 6) is -2.14. The molecule has 0 bridgehead atoms. The van der Waals surface area contributed by atoms with Gasteiger partial charge in [0.15, 0.2) is 17.1 Å². The number of aromatic nitrogens is 5. The quantitative estimate of drug-likeness (QED) is 0.0943. The Morgan fingerprint density at radius 2 is 2.10 bits per heavy atom. The van der Waals surface area contributed by atoms with Crippen LogP contribution in [-0.4, -0.2) is 70.6 Å². The lowest BCUT2D eigenvalue weighted by molar-refractivity contribution is -0.662. The number of carbonyl (C=O) groups excluding carboxylic acids is 3. The first kappa shape index (κ1) is 26.2. The maximum atomic E-state index is 13.1. The Labute approximate surface area is 228 Å². The first-order chi connectivity index (χ1) is 18.5. The molecular weight excluding hydrogens is 550 g/mol. The molecule has 7 N–H and O–H groups in total. The van der Waals surface area contributed by atoms with Crippen LogP contribution in [0.4, 0.5) is 16.8 Å². The van der Waals surface area contributed by atoms with Gasteiger partial charge >= 0.3 is 5.65 Å². The number of carboxylic acid groups (broad SMARTS) is 1. The summed E-state index contributed by atoms with van der Waals surface area (Å²) in [5, 5.41) is 22.2. The van der Waals surface area contributed by atoms with Crippen molar-refractivity contribution in [1.29, 1.82) is 0 Å². The number of β-lactam (4-membered cyclic amide) rings is 1. The van der Waals surface area contributed by atoms with E-state index in [0.717, 1.165) is 16.4 Å². The third-order valence-electron chi connectivity index (χ3n) is 5.77. The van der Waals surface area contributed by atoms with Gasteiger partial charge in [0, 0.05) is 28.9 Å². The number of amides is 2. The number of carbonyl (C=O) groups is 3. The zero-order valence-electron chi connectivity index (χ0n) is 20.6. The van der Waals surface area contributed by atoms with Crippen molar-refractivity contribution in [2.24, 2.45) is 5.16 Å². The first-order valence-corrected chi connectivity index (χ1v) is 13.3. The third kappa shape index (κ3) is 4.78. The first-order valence-electron chi connectivity index (χ1n) is 11.5. The fraction of sp³-hybridized carbons (Fsp3) is 0.333. The maximum Gasteiger partial charge on any atom is 0.309 e. The topological polar surface area (TPSA) is 236 Å². The standard InChI is InChI=1S/C21H23N11O5S2/c1-8(2)37-28-13(16-26-21(24)39-29-16)17(33)25-14-18(34)31-15(20(35)36)9(7-38-19(14)31)5-30-6-11(23)32-12(30)4-3-10(22)27-32/h3-4,6,8,14,19H,5,7H2,1-2H3,(H7-,22,23,24,25,26,27,29,33,35,36)/b28-13-/t14-,19-/m1/s1. The number of rotatable bonds is 8. The largest absolute Gasteiger partial charge is 0.543 e. The second-order valence-electron chi connectivity index (χ2n) is 8.86. The number of oxime groups is 1. The molecule has 5 heterocycles. The molecule has 3 aromatic rings. The number of anilines is 3. The molecule has 2 amide bonds. The summed E-state index contributed by atoms with van der Waals surface area (Å²) in [6.45, 7) is 3.54. The number of nitrogens with one attached hydrogen (secondary N) is 1. The van der Waals surface area contributed by atoms with Gasteiger partial charge in [-0.25, -0.2) is 4.57 Å². The van der Waals surface area contributed by atoms with Crippen molar-refractivity contribution in [2.45, 2.75) is 37.9 Å². The van der Waals surface area contributed by atoms with Crippen LogP contribution in [0.1, 0.15) is 19.7 Å². The number of nitrogens with zero attached hydrogens (tertiary/aromatic N) is 7. The predicted octanol–water partition coefficient (Wildman–Crippen LogP) is -2.55. The number of nitrogen functional groups attached to an aromatic ring is 3. The average molecular weight is 574 g/mol. The second kappa shape index (κ2) is 10.0. The van der Waals surface area contributed by atoms with Gasteiger partial charge in [-0.05, 0) is 19.9 Å². The molecule has 1 fully saturated rings. The minimum Gasteiger partial charge on any atom is -0.543 e. The molecule has 204 valence electrons. The lowest BCUT2D eigenvalue weighted by atomic mass is 10.0. The van der Waals surface area contributed by atoms with Crippen LogP contribution in [0, 0.1) is 0 Å². The van der Waals surface area contributed by atoms with Gasteiger partial charge in [-0.1, -0.05) is 14.8 Å². The van der Waals surface area contributed by atoms with E-state index in [1.165, 1.54) is 16.3 Å². The molecule has 1 saturated heterocycles. The average Bonchev–Trinajstić information content (AvgIpc) is 3.44. The Hall–Kier alpha value is -4.45. The minimum atomic E-state index is -1.51. The molecule has 0 aromatic carbocycles. The van der Waals surface area contributed by atoms with E-state index < -0.39 is 29.2 Å². The lowest BCUT2D eigenvalue weighted by Crippen LogP contribution is -2.71. The summed E-state index contributed by atoms with van der Waals surface area (Å²) in [4.78, 5) is 48.7. The van der Waals surface area contributed by atoms with E-state index >= 15 is 0 Å². The zero-order chi connectivity index (χ0) is 28.0. The molecule has 16 nitrogen and oxygen atoms in total. The van der Waals surface area contributed by atoms with Gasteiger partial charge in [0.1, 0.15) is 24.1 Å². The molecule has 0 unspecified atom stereocenters. The number of imidazole rings is 1.